The predicted molar refractivity (Wildman–Crippen MR) is 54.1 cm³/mol. The third-order valence-corrected chi connectivity index (χ3v) is 3.92. The minimum atomic E-state index is -1.19. The third-order valence-electron chi connectivity index (χ3n) is 3.92. The summed E-state index contributed by atoms with van der Waals surface area (Å²) in [6, 6.07) is 0. The van der Waals surface area contributed by atoms with E-state index < -0.39 is 17.3 Å². The molecule has 2 rings (SSSR count). The Bertz CT molecular complexity index is 389. The highest BCUT2D eigenvalue weighted by Crippen LogP contribution is 2.57. The van der Waals surface area contributed by atoms with E-state index in [-0.39, 0.29) is 5.92 Å². The zero-order valence-electron chi connectivity index (χ0n) is 9.05. The molecule has 2 saturated carbocycles. The second-order valence-electron chi connectivity index (χ2n) is 4.54. The van der Waals surface area contributed by atoms with Gasteiger partial charge in [0, 0.05) is 4.91 Å². The van der Waals surface area contributed by atoms with Crippen LogP contribution in [0.15, 0.2) is 5.11 Å². The third kappa shape index (κ3) is 1.30. The van der Waals surface area contributed by atoms with E-state index in [2.05, 4.69) is 10.0 Å². The molecule has 0 saturated heterocycles. The first kappa shape index (κ1) is 11.0. The first-order valence-corrected chi connectivity index (χ1v) is 5.33. The van der Waals surface area contributed by atoms with Gasteiger partial charge in [0.2, 0.25) is 5.91 Å². The summed E-state index contributed by atoms with van der Waals surface area (Å²) in [5, 5.41) is 3.11. The van der Waals surface area contributed by atoms with Gasteiger partial charge in [0.1, 0.15) is 5.41 Å². The van der Waals surface area contributed by atoms with Gasteiger partial charge in [0.25, 0.3) is 0 Å². The molecule has 0 aromatic carbocycles. The Labute approximate surface area is 92.6 Å². The van der Waals surface area contributed by atoms with E-state index in [1.807, 2.05) is 0 Å². The molecular formula is C10H13N3O3. The van der Waals surface area contributed by atoms with E-state index in [0.717, 1.165) is 19.3 Å². The Balaban J connectivity index is 2.38. The summed E-state index contributed by atoms with van der Waals surface area (Å²) in [5.41, 5.74) is 7.13. The molecule has 1 amide bonds. The SMILES string of the molecule is COC(=O)[C@@]1(C(=O)N=[N+]=[N-])C[C@@H]2CC[C@H]1C2. The van der Waals surface area contributed by atoms with Crippen molar-refractivity contribution in [3.63, 3.8) is 0 Å². The van der Waals surface area contributed by atoms with Crippen LogP contribution in [0, 0.1) is 17.3 Å². The number of fused-ring (bicyclic) bond motifs is 2. The second kappa shape index (κ2) is 3.79. The highest BCUT2D eigenvalue weighted by Gasteiger charge is 2.60. The Morgan fingerprint density at radius 1 is 1.50 bits per heavy atom. The van der Waals surface area contributed by atoms with Crippen LogP contribution in [0.1, 0.15) is 25.7 Å². The van der Waals surface area contributed by atoms with E-state index in [4.69, 9.17) is 10.3 Å². The van der Waals surface area contributed by atoms with Crippen LogP contribution in [0.4, 0.5) is 0 Å². The zero-order chi connectivity index (χ0) is 11.8. The normalized spacial score (nSPS) is 35.6. The fourth-order valence-corrected chi connectivity index (χ4v) is 3.24. The summed E-state index contributed by atoms with van der Waals surface area (Å²) in [6.07, 6.45) is 3.23. The summed E-state index contributed by atoms with van der Waals surface area (Å²) in [4.78, 5) is 26.1. The fraction of sp³-hybridized carbons (Fsp3) is 0.800. The number of hydrogen-bond donors (Lipinski definition) is 0. The van der Waals surface area contributed by atoms with Crippen LogP contribution in [0.3, 0.4) is 0 Å². The van der Waals surface area contributed by atoms with E-state index >= 15 is 0 Å². The number of nitrogens with zero attached hydrogens (tertiary/aromatic N) is 3. The molecule has 16 heavy (non-hydrogen) atoms. The van der Waals surface area contributed by atoms with Crippen molar-refractivity contribution in [1.82, 2.24) is 0 Å². The van der Waals surface area contributed by atoms with Crippen molar-refractivity contribution in [3.8, 4) is 0 Å². The van der Waals surface area contributed by atoms with Crippen LogP contribution in [-0.2, 0) is 14.3 Å². The average molecular weight is 223 g/mol. The van der Waals surface area contributed by atoms with Gasteiger partial charge in [-0.3, -0.25) is 9.59 Å². The van der Waals surface area contributed by atoms with E-state index in [1.54, 1.807) is 0 Å². The fourth-order valence-electron chi connectivity index (χ4n) is 3.24. The van der Waals surface area contributed by atoms with Gasteiger partial charge < -0.3 is 4.74 Å². The molecule has 0 heterocycles. The van der Waals surface area contributed by atoms with Crippen LogP contribution in [0.5, 0.6) is 0 Å². The van der Waals surface area contributed by atoms with Gasteiger partial charge in [-0.15, -0.1) is 0 Å². The Hall–Kier alpha value is -1.55. The summed E-state index contributed by atoms with van der Waals surface area (Å²) in [6.45, 7) is 0. The molecule has 2 fully saturated rings. The molecule has 86 valence electrons. The lowest BCUT2D eigenvalue weighted by atomic mass is 9.72. The molecule has 2 aliphatic rings. The summed E-state index contributed by atoms with van der Waals surface area (Å²) >= 11 is 0. The van der Waals surface area contributed by atoms with E-state index in [1.165, 1.54) is 7.11 Å². The molecular weight excluding hydrogens is 210 g/mol. The molecule has 2 aliphatic carbocycles. The molecule has 3 atom stereocenters. The maximum atomic E-state index is 11.8. The number of carbonyl (C=O) groups excluding carboxylic acids is 2. The molecule has 6 heteroatoms. The van der Waals surface area contributed by atoms with Gasteiger partial charge in [0.15, 0.2) is 0 Å². The lowest BCUT2D eigenvalue weighted by Crippen LogP contribution is -2.43. The number of esters is 1. The van der Waals surface area contributed by atoms with Crippen LogP contribution in [0.25, 0.3) is 10.4 Å². The van der Waals surface area contributed by atoms with Gasteiger partial charge in [-0.2, -0.15) is 0 Å². The monoisotopic (exact) mass is 223 g/mol. The Morgan fingerprint density at radius 2 is 2.25 bits per heavy atom. The number of ether oxygens (including phenoxy) is 1. The molecule has 0 spiro atoms. The molecule has 0 unspecified atom stereocenters. The Morgan fingerprint density at radius 3 is 2.69 bits per heavy atom. The summed E-state index contributed by atoms with van der Waals surface area (Å²) in [5.74, 6) is -0.837. The number of amides is 1. The molecule has 0 aromatic heterocycles. The second-order valence-corrected chi connectivity index (χ2v) is 4.54. The van der Waals surface area contributed by atoms with Gasteiger partial charge >= 0.3 is 5.97 Å². The van der Waals surface area contributed by atoms with Crippen molar-refractivity contribution in [3.05, 3.63) is 10.4 Å². The zero-order valence-corrected chi connectivity index (χ0v) is 9.05. The average Bonchev–Trinajstić information content (AvgIpc) is 2.88. The van der Waals surface area contributed by atoms with Crippen molar-refractivity contribution < 1.29 is 14.3 Å². The summed E-state index contributed by atoms with van der Waals surface area (Å²) < 4.78 is 4.71. The molecule has 2 bridgehead atoms. The van der Waals surface area contributed by atoms with Gasteiger partial charge in [0.05, 0.1) is 7.11 Å². The lowest BCUT2D eigenvalue weighted by Gasteiger charge is -2.31. The van der Waals surface area contributed by atoms with Crippen molar-refractivity contribution in [1.29, 1.82) is 0 Å². The Kier molecular flexibility index (Phi) is 2.59. The maximum absolute atomic E-state index is 11.8. The van der Waals surface area contributed by atoms with Crippen LogP contribution in [0.2, 0.25) is 0 Å². The molecule has 0 aliphatic heterocycles. The van der Waals surface area contributed by atoms with Crippen molar-refractivity contribution >= 4 is 11.9 Å². The minimum Gasteiger partial charge on any atom is -0.468 e. The predicted octanol–water partition coefficient (Wildman–Crippen LogP) is 1.80. The highest BCUT2D eigenvalue weighted by molar-refractivity contribution is 6.04. The van der Waals surface area contributed by atoms with Crippen molar-refractivity contribution in [2.75, 3.05) is 7.11 Å². The number of methoxy groups -OCH3 is 1. The standard InChI is InChI=1S/C10H13N3O3/c1-16-9(15)10(8(14)12-13-11)5-6-2-3-7(10)4-6/h6-7H,2-5H2,1H3/t6-,7+,10+/m1/s1. The maximum Gasteiger partial charge on any atom is 0.319 e. The highest BCUT2D eigenvalue weighted by atomic mass is 16.5. The largest absolute Gasteiger partial charge is 0.468 e. The number of rotatable bonds is 2. The number of azide groups is 1. The van der Waals surface area contributed by atoms with Gasteiger partial charge in [-0.05, 0) is 41.7 Å². The van der Waals surface area contributed by atoms with Gasteiger partial charge in [-0.25, -0.2) is 0 Å². The molecule has 0 radical (unpaired) electrons. The van der Waals surface area contributed by atoms with E-state index in [9.17, 15) is 9.59 Å². The first-order chi connectivity index (χ1) is 7.65. The number of carbonyl (C=O) groups is 2. The lowest BCUT2D eigenvalue weighted by molar-refractivity contribution is -0.161. The van der Waals surface area contributed by atoms with Crippen molar-refractivity contribution in [2.24, 2.45) is 22.4 Å². The van der Waals surface area contributed by atoms with Crippen LogP contribution < -0.4 is 0 Å². The quantitative estimate of drug-likeness (QED) is 0.235. The van der Waals surface area contributed by atoms with Crippen LogP contribution >= 0.6 is 0 Å². The molecule has 0 aromatic rings. The van der Waals surface area contributed by atoms with Crippen molar-refractivity contribution in [2.45, 2.75) is 25.7 Å². The smallest absolute Gasteiger partial charge is 0.319 e. The number of hydrogen-bond acceptors (Lipinski definition) is 3. The molecule has 0 N–H and O–H groups in total. The van der Waals surface area contributed by atoms with E-state index in [0.29, 0.717) is 12.3 Å². The topological polar surface area (TPSA) is 92.1 Å². The van der Waals surface area contributed by atoms with Crippen LogP contribution in [-0.4, -0.2) is 19.0 Å². The first-order valence-electron chi connectivity index (χ1n) is 5.33. The molecule has 6 nitrogen and oxygen atoms in total. The minimum absolute atomic E-state index is 0.0112. The van der Waals surface area contributed by atoms with Gasteiger partial charge in [-0.1, -0.05) is 6.42 Å². The summed E-state index contributed by atoms with van der Waals surface area (Å²) in [7, 11) is 1.26.